The Balaban J connectivity index is 1.91. The molecule has 2 heterocycles. The Morgan fingerprint density at radius 3 is 2.82 bits per heavy atom. The van der Waals surface area contributed by atoms with Crippen LogP contribution in [0.5, 0.6) is 0 Å². The largest absolute Gasteiger partial charge is 0.394 e. The number of thioether (sulfide) groups is 1. The van der Waals surface area contributed by atoms with Gasteiger partial charge in [0.05, 0.1) is 12.1 Å². The topological polar surface area (TPSA) is 36.4 Å². The first-order chi connectivity index (χ1) is 10.7. The summed E-state index contributed by atoms with van der Waals surface area (Å²) in [6.45, 7) is 0.829. The van der Waals surface area contributed by atoms with E-state index in [4.69, 9.17) is 0 Å². The first kappa shape index (κ1) is 15.7. The second-order valence-corrected chi connectivity index (χ2v) is 7.18. The second-order valence-electron chi connectivity index (χ2n) is 5.96. The molecule has 1 aliphatic heterocycles. The highest BCUT2D eigenvalue weighted by atomic mass is 32.2. The van der Waals surface area contributed by atoms with Gasteiger partial charge in [-0.25, -0.2) is 4.39 Å². The van der Waals surface area contributed by atoms with Crippen LogP contribution in [0.2, 0.25) is 0 Å². The Labute approximate surface area is 134 Å². The molecule has 1 saturated heterocycles. The molecule has 2 aromatic rings. The highest BCUT2D eigenvalue weighted by molar-refractivity contribution is 7.99. The van der Waals surface area contributed by atoms with Gasteiger partial charge in [0.1, 0.15) is 5.82 Å². The highest BCUT2D eigenvalue weighted by Gasteiger charge is 2.35. The summed E-state index contributed by atoms with van der Waals surface area (Å²) in [7, 11) is 2.05. The van der Waals surface area contributed by atoms with E-state index in [0.29, 0.717) is 17.4 Å². The third kappa shape index (κ3) is 2.85. The van der Waals surface area contributed by atoms with Gasteiger partial charge >= 0.3 is 0 Å². The van der Waals surface area contributed by atoms with Crippen LogP contribution in [-0.4, -0.2) is 45.7 Å². The molecule has 1 fully saturated rings. The van der Waals surface area contributed by atoms with Crippen LogP contribution >= 0.6 is 11.8 Å². The van der Waals surface area contributed by atoms with Crippen molar-refractivity contribution in [3.63, 3.8) is 0 Å². The van der Waals surface area contributed by atoms with E-state index in [-0.39, 0.29) is 18.0 Å². The molecule has 0 amide bonds. The van der Waals surface area contributed by atoms with Crippen molar-refractivity contribution in [1.29, 1.82) is 0 Å². The standard InChI is InChI=1S/C17H21FN2OS/c1-20(17(12-21)6-9-22-10-7-17)11-13-4-5-15(18)14-3-2-8-19-16(13)14/h2-5,8,21H,6-7,9-12H2,1H3. The number of likely N-dealkylation sites (N-methyl/N-ethyl adjacent to an activating group) is 1. The van der Waals surface area contributed by atoms with Gasteiger partial charge in [-0.1, -0.05) is 6.07 Å². The van der Waals surface area contributed by atoms with E-state index in [0.717, 1.165) is 29.9 Å². The summed E-state index contributed by atoms with van der Waals surface area (Å²) in [5.74, 6) is 1.92. The van der Waals surface area contributed by atoms with Crippen LogP contribution in [0.15, 0.2) is 30.5 Å². The summed E-state index contributed by atoms with van der Waals surface area (Å²) >= 11 is 1.94. The molecule has 5 heteroatoms. The number of nitrogens with zero attached hydrogens (tertiary/aromatic N) is 2. The fourth-order valence-electron chi connectivity index (χ4n) is 3.16. The summed E-state index contributed by atoms with van der Waals surface area (Å²) in [5.41, 5.74) is 1.55. The maximum atomic E-state index is 13.9. The second kappa shape index (κ2) is 6.52. The lowest BCUT2D eigenvalue weighted by Gasteiger charge is -2.43. The number of hydrogen-bond acceptors (Lipinski definition) is 4. The van der Waals surface area contributed by atoms with E-state index in [9.17, 15) is 9.50 Å². The number of aliphatic hydroxyl groups excluding tert-OH is 1. The number of hydrogen-bond donors (Lipinski definition) is 1. The molecule has 1 N–H and O–H groups in total. The van der Waals surface area contributed by atoms with Gasteiger partial charge in [-0.2, -0.15) is 11.8 Å². The zero-order valence-corrected chi connectivity index (χ0v) is 13.6. The Morgan fingerprint density at radius 2 is 2.09 bits per heavy atom. The number of fused-ring (bicyclic) bond motifs is 1. The first-order valence-electron chi connectivity index (χ1n) is 7.58. The van der Waals surface area contributed by atoms with E-state index in [1.165, 1.54) is 6.07 Å². The summed E-state index contributed by atoms with van der Waals surface area (Å²) in [6, 6.07) is 6.84. The highest BCUT2D eigenvalue weighted by Crippen LogP contribution is 2.33. The molecular formula is C17H21FN2OS. The van der Waals surface area contributed by atoms with Gasteiger partial charge < -0.3 is 5.11 Å². The molecule has 1 aromatic carbocycles. The molecule has 1 aromatic heterocycles. The first-order valence-corrected chi connectivity index (χ1v) is 8.74. The monoisotopic (exact) mass is 320 g/mol. The molecule has 0 bridgehead atoms. The zero-order chi connectivity index (χ0) is 15.6. The van der Waals surface area contributed by atoms with E-state index in [2.05, 4.69) is 9.88 Å². The third-order valence-electron chi connectivity index (χ3n) is 4.74. The number of benzene rings is 1. The summed E-state index contributed by atoms with van der Waals surface area (Å²) in [4.78, 5) is 6.57. The average molecular weight is 320 g/mol. The van der Waals surface area contributed by atoms with Crippen molar-refractivity contribution >= 4 is 22.7 Å². The van der Waals surface area contributed by atoms with Crippen LogP contribution in [-0.2, 0) is 6.54 Å². The lowest BCUT2D eigenvalue weighted by atomic mass is 9.90. The van der Waals surface area contributed by atoms with Crippen LogP contribution in [0.3, 0.4) is 0 Å². The summed E-state index contributed by atoms with van der Waals surface area (Å²) in [5, 5.41) is 10.5. The smallest absolute Gasteiger partial charge is 0.132 e. The number of rotatable bonds is 4. The maximum absolute atomic E-state index is 13.9. The van der Waals surface area contributed by atoms with Crippen molar-refractivity contribution in [2.45, 2.75) is 24.9 Å². The van der Waals surface area contributed by atoms with E-state index in [1.54, 1.807) is 18.3 Å². The molecule has 3 nitrogen and oxygen atoms in total. The average Bonchev–Trinajstić information content (AvgIpc) is 2.58. The van der Waals surface area contributed by atoms with Crippen molar-refractivity contribution in [2.24, 2.45) is 0 Å². The SMILES string of the molecule is CN(Cc1ccc(F)c2cccnc12)C1(CO)CCSCC1. The molecule has 0 aliphatic carbocycles. The predicted octanol–water partition coefficient (Wildman–Crippen LogP) is 3.06. The van der Waals surface area contributed by atoms with Gasteiger partial charge in [0, 0.05) is 23.7 Å². The molecule has 22 heavy (non-hydrogen) atoms. The molecular weight excluding hydrogens is 299 g/mol. The van der Waals surface area contributed by atoms with Crippen LogP contribution in [0.25, 0.3) is 10.9 Å². The Morgan fingerprint density at radius 1 is 1.32 bits per heavy atom. The van der Waals surface area contributed by atoms with E-state index in [1.807, 2.05) is 24.9 Å². The lowest BCUT2D eigenvalue weighted by molar-refractivity contribution is 0.0363. The Bertz CT molecular complexity index is 658. The van der Waals surface area contributed by atoms with Crippen molar-refractivity contribution in [3.05, 3.63) is 41.8 Å². The minimum absolute atomic E-state index is 0.163. The minimum Gasteiger partial charge on any atom is -0.394 e. The fraction of sp³-hybridized carbons (Fsp3) is 0.471. The van der Waals surface area contributed by atoms with Crippen molar-refractivity contribution in [2.75, 3.05) is 25.2 Å². The quantitative estimate of drug-likeness (QED) is 0.939. The number of pyridine rings is 1. The van der Waals surface area contributed by atoms with Crippen LogP contribution in [0, 0.1) is 5.82 Å². The van der Waals surface area contributed by atoms with Gasteiger partial charge in [0.15, 0.2) is 0 Å². The van der Waals surface area contributed by atoms with Gasteiger partial charge in [0.2, 0.25) is 0 Å². The van der Waals surface area contributed by atoms with Gasteiger partial charge in [0.25, 0.3) is 0 Å². The molecule has 0 saturated carbocycles. The zero-order valence-electron chi connectivity index (χ0n) is 12.8. The van der Waals surface area contributed by atoms with E-state index >= 15 is 0 Å². The van der Waals surface area contributed by atoms with Gasteiger partial charge in [-0.3, -0.25) is 9.88 Å². The summed E-state index contributed by atoms with van der Waals surface area (Å²) in [6.07, 6.45) is 3.67. The fourth-order valence-corrected chi connectivity index (χ4v) is 4.41. The maximum Gasteiger partial charge on any atom is 0.132 e. The number of halogens is 1. The van der Waals surface area contributed by atoms with Crippen LogP contribution < -0.4 is 0 Å². The normalized spacial score (nSPS) is 18.0. The van der Waals surface area contributed by atoms with Gasteiger partial charge in [-0.15, -0.1) is 0 Å². The third-order valence-corrected chi connectivity index (χ3v) is 5.72. The molecule has 0 unspecified atom stereocenters. The van der Waals surface area contributed by atoms with Crippen LogP contribution in [0.4, 0.5) is 4.39 Å². The number of aromatic nitrogens is 1. The van der Waals surface area contributed by atoms with Crippen molar-refractivity contribution < 1.29 is 9.50 Å². The molecule has 118 valence electrons. The van der Waals surface area contributed by atoms with E-state index < -0.39 is 0 Å². The minimum atomic E-state index is -0.236. The Hall–Kier alpha value is -1.17. The van der Waals surface area contributed by atoms with Crippen molar-refractivity contribution in [3.8, 4) is 0 Å². The van der Waals surface area contributed by atoms with Crippen molar-refractivity contribution in [1.82, 2.24) is 9.88 Å². The molecule has 0 spiro atoms. The number of aliphatic hydroxyl groups is 1. The van der Waals surface area contributed by atoms with Gasteiger partial charge in [-0.05, 0) is 55.2 Å². The molecule has 0 atom stereocenters. The molecule has 0 radical (unpaired) electrons. The summed E-state index contributed by atoms with van der Waals surface area (Å²) < 4.78 is 13.9. The van der Waals surface area contributed by atoms with Crippen LogP contribution in [0.1, 0.15) is 18.4 Å². The molecule has 1 aliphatic rings. The molecule has 3 rings (SSSR count). The predicted molar refractivity (Wildman–Crippen MR) is 89.5 cm³/mol. The lowest BCUT2D eigenvalue weighted by Crippen LogP contribution is -2.51. The Kier molecular flexibility index (Phi) is 4.66.